The smallest absolute Gasteiger partial charge is 0.407 e. The van der Waals surface area contributed by atoms with Gasteiger partial charge in [-0.05, 0) is 0 Å². The maximum absolute atomic E-state index is 12.8. The Labute approximate surface area is 72.2 Å². The molecule has 0 aromatic heterocycles. The lowest BCUT2D eigenvalue weighted by Crippen LogP contribution is -2.61. The lowest BCUT2D eigenvalue weighted by atomic mass is 10.0. The highest BCUT2D eigenvalue weighted by Gasteiger charge is 2.56. The van der Waals surface area contributed by atoms with Crippen LogP contribution in [0.4, 0.5) is 13.6 Å². The first-order valence-electron chi connectivity index (χ1n) is 3.57. The second-order valence-electron chi connectivity index (χ2n) is 2.98. The molecule has 0 atom stereocenters. The zero-order chi connectivity index (χ0) is 10.3. The van der Waals surface area contributed by atoms with Gasteiger partial charge in [0.1, 0.15) is 0 Å². The van der Waals surface area contributed by atoms with E-state index in [1.54, 1.807) is 0 Å². The van der Waals surface area contributed by atoms with Crippen molar-refractivity contribution in [3.8, 4) is 0 Å². The number of aliphatic hydroxyl groups is 2. The molecule has 7 heteroatoms. The van der Waals surface area contributed by atoms with E-state index in [9.17, 15) is 13.6 Å². The number of carbonyl (C=O) groups is 1. The second-order valence-corrected chi connectivity index (χ2v) is 2.98. The normalized spacial score (nSPS) is 25.7. The van der Waals surface area contributed by atoms with E-state index in [1.165, 1.54) is 0 Å². The maximum atomic E-state index is 12.8. The van der Waals surface area contributed by atoms with E-state index in [0.29, 0.717) is 4.90 Å². The van der Waals surface area contributed by atoms with Crippen LogP contribution in [0.3, 0.4) is 0 Å². The lowest BCUT2D eigenvalue weighted by molar-refractivity contribution is -0.314. The van der Waals surface area contributed by atoms with Crippen LogP contribution in [-0.2, 0) is 0 Å². The molecule has 0 spiro atoms. The van der Waals surface area contributed by atoms with Crippen molar-refractivity contribution in [1.82, 2.24) is 4.90 Å². The summed E-state index contributed by atoms with van der Waals surface area (Å²) < 4.78 is 25.6. The summed E-state index contributed by atoms with van der Waals surface area (Å²) in [5, 5.41) is 25.9. The molecular formula is C6H9F2NO4. The summed E-state index contributed by atoms with van der Waals surface area (Å²) in [5.74, 6) is -6.91. The Morgan fingerprint density at radius 1 is 1.38 bits per heavy atom. The van der Waals surface area contributed by atoms with Gasteiger partial charge in [0.2, 0.25) is 5.79 Å². The third kappa shape index (κ3) is 1.70. The number of carboxylic acid groups (broad SMARTS) is 1. The van der Waals surface area contributed by atoms with Crippen molar-refractivity contribution in [3.05, 3.63) is 0 Å². The van der Waals surface area contributed by atoms with Crippen LogP contribution in [0.2, 0.25) is 0 Å². The van der Waals surface area contributed by atoms with Crippen molar-refractivity contribution in [2.45, 2.75) is 18.1 Å². The van der Waals surface area contributed by atoms with Crippen LogP contribution in [0.1, 0.15) is 6.42 Å². The third-order valence-corrected chi connectivity index (χ3v) is 1.98. The van der Waals surface area contributed by atoms with Crippen molar-refractivity contribution in [2.24, 2.45) is 0 Å². The van der Waals surface area contributed by atoms with E-state index >= 15 is 0 Å². The summed E-state index contributed by atoms with van der Waals surface area (Å²) in [6, 6.07) is 0. The number of hydrogen-bond donors (Lipinski definition) is 3. The zero-order valence-corrected chi connectivity index (χ0v) is 6.57. The van der Waals surface area contributed by atoms with Crippen LogP contribution in [-0.4, -0.2) is 51.1 Å². The van der Waals surface area contributed by atoms with Gasteiger partial charge in [-0.15, -0.1) is 0 Å². The molecule has 0 aromatic carbocycles. The summed E-state index contributed by atoms with van der Waals surface area (Å²) in [4.78, 5) is 10.7. The number of alkyl halides is 2. The maximum Gasteiger partial charge on any atom is 0.407 e. The first-order chi connectivity index (χ1) is 5.76. The Kier molecular flexibility index (Phi) is 2.16. The fraction of sp³-hybridized carbons (Fsp3) is 0.833. The number of piperidine rings is 1. The van der Waals surface area contributed by atoms with Crippen LogP contribution in [0.25, 0.3) is 0 Å². The van der Waals surface area contributed by atoms with Gasteiger partial charge in [-0.2, -0.15) is 8.78 Å². The Morgan fingerprint density at radius 2 is 1.92 bits per heavy atom. The molecule has 3 N–H and O–H groups in total. The Hall–Kier alpha value is -0.950. The molecular weight excluding hydrogens is 188 g/mol. The topological polar surface area (TPSA) is 81.0 Å². The molecule has 0 radical (unpaired) electrons. The minimum absolute atomic E-state index is 0.308. The van der Waals surface area contributed by atoms with E-state index in [4.69, 9.17) is 15.3 Å². The van der Waals surface area contributed by atoms with Crippen molar-refractivity contribution in [2.75, 3.05) is 13.1 Å². The van der Waals surface area contributed by atoms with E-state index in [0.717, 1.165) is 0 Å². The number of hydrogen-bond acceptors (Lipinski definition) is 3. The van der Waals surface area contributed by atoms with Crippen molar-refractivity contribution >= 4 is 6.09 Å². The Morgan fingerprint density at radius 3 is 2.31 bits per heavy atom. The highest BCUT2D eigenvalue weighted by Crippen LogP contribution is 2.34. The summed E-state index contributed by atoms with van der Waals surface area (Å²) in [6.07, 6.45) is -2.18. The van der Waals surface area contributed by atoms with Gasteiger partial charge in [-0.25, -0.2) is 4.79 Å². The Bertz CT molecular complexity index is 231. The van der Waals surface area contributed by atoms with Crippen LogP contribution in [0.5, 0.6) is 0 Å². The first-order valence-corrected chi connectivity index (χ1v) is 3.57. The predicted molar refractivity (Wildman–Crippen MR) is 36.3 cm³/mol. The van der Waals surface area contributed by atoms with Crippen molar-refractivity contribution in [1.29, 1.82) is 0 Å². The predicted octanol–water partition coefficient (Wildman–Crippen LogP) is -0.314. The van der Waals surface area contributed by atoms with E-state index < -0.39 is 30.8 Å². The van der Waals surface area contributed by atoms with Gasteiger partial charge in [-0.1, -0.05) is 0 Å². The molecule has 1 saturated heterocycles. The standard InChI is InChI=1S/C6H9F2NO4/c7-5(8)3-9(4(10)11)2-1-6(5,12)13/h12-13H,1-3H2,(H,10,11). The first kappa shape index (κ1) is 10.1. The van der Waals surface area contributed by atoms with Crippen molar-refractivity contribution < 1.29 is 28.9 Å². The average Bonchev–Trinajstić information content (AvgIpc) is 1.94. The number of likely N-dealkylation sites (tertiary alicyclic amines) is 1. The van der Waals surface area contributed by atoms with E-state index in [2.05, 4.69) is 0 Å². The number of nitrogens with zero attached hydrogens (tertiary/aromatic N) is 1. The molecule has 1 fully saturated rings. The van der Waals surface area contributed by atoms with Gasteiger partial charge in [0, 0.05) is 13.0 Å². The number of amides is 1. The molecule has 76 valence electrons. The van der Waals surface area contributed by atoms with Crippen LogP contribution in [0, 0.1) is 0 Å². The highest BCUT2D eigenvalue weighted by atomic mass is 19.3. The summed E-state index contributed by atoms with van der Waals surface area (Å²) in [7, 11) is 0. The van der Waals surface area contributed by atoms with Crippen LogP contribution < -0.4 is 0 Å². The highest BCUT2D eigenvalue weighted by molar-refractivity contribution is 5.65. The molecule has 0 unspecified atom stereocenters. The molecule has 1 aliphatic heterocycles. The molecule has 0 aromatic rings. The lowest BCUT2D eigenvalue weighted by Gasteiger charge is -2.39. The fourth-order valence-corrected chi connectivity index (χ4v) is 1.08. The fourth-order valence-electron chi connectivity index (χ4n) is 1.08. The minimum Gasteiger partial charge on any atom is -0.465 e. The molecule has 1 heterocycles. The van der Waals surface area contributed by atoms with Crippen LogP contribution in [0.15, 0.2) is 0 Å². The number of halogens is 2. The van der Waals surface area contributed by atoms with E-state index in [-0.39, 0.29) is 6.54 Å². The van der Waals surface area contributed by atoms with Gasteiger partial charge in [0.05, 0.1) is 6.54 Å². The van der Waals surface area contributed by atoms with Gasteiger partial charge < -0.3 is 20.2 Å². The molecule has 1 rings (SSSR count). The minimum atomic E-state index is -3.82. The molecule has 0 aliphatic carbocycles. The summed E-state index contributed by atoms with van der Waals surface area (Å²) in [6.45, 7) is -1.49. The van der Waals surface area contributed by atoms with Gasteiger partial charge in [-0.3, -0.25) is 0 Å². The SMILES string of the molecule is O=C(O)N1CCC(O)(O)C(F)(F)C1. The molecule has 1 amide bonds. The largest absolute Gasteiger partial charge is 0.465 e. The molecule has 0 bridgehead atoms. The van der Waals surface area contributed by atoms with E-state index in [1.807, 2.05) is 0 Å². The second kappa shape index (κ2) is 2.78. The quantitative estimate of drug-likeness (QED) is 0.465. The number of rotatable bonds is 0. The molecule has 1 aliphatic rings. The Balaban J connectivity index is 2.76. The molecule has 5 nitrogen and oxygen atoms in total. The average molecular weight is 197 g/mol. The monoisotopic (exact) mass is 197 g/mol. The zero-order valence-electron chi connectivity index (χ0n) is 6.57. The molecule has 13 heavy (non-hydrogen) atoms. The summed E-state index contributed by atoms with van der Waals surface area (Å²) in [5.41, 5.74) is 0. The molecule has 0 saturated carbocycles. The van der Waals surface area contributed by atoms with Gasteiger partial charge in [0.15, 0.2) is 0 Å². The van der Waals surface area contributed by atoms with Gasteiger partial charge in [0.25, 0.3) is 0 Å². The van der Waals surface area contributed by atoms with Gasteiger partial charge >= 0.3 is 12.0 Å². The third-order valence-electron chi connectivity index (χ3n) is 1.98. The van der Waals surface area contributed by atoms with Crippen molar-refractivity contribution in [3.63, 3.8) is 0 Å². The summed E-state index contributed by atoms with van der Waals surface area (Å²) >= 11 is 0. The van der Waals surface area contributed by atoms with Crippen LogP contribution >= 0.6 is 0 Å².